The second-order valence-electron chi connectivity index (χ2n) is 2.52. The highest BCUT2D eigenvalue weighted by Crippen LogP contribution is 2.27. The molecule has 0 rings (SSSR count). The topological polar surface area (TPSA) is 59.3 Å². The number of nitriles is 1. The molecular weight excluding hydrogens is 246 g/mol. The third-order valence-electron chi connectivity index (χ3n) is 1.56. The van der Waals surface area contributed by atoms with Crippen molar-refractivity contribution in [2.75, 3.05) is 32.3 Å². The van der Waals surface area contributed by atoms with E-state index in [1.807, 2.05) is 25.5 Å². The second kappa shape index (κ2) is 9.58. The standard InChI is InChI=1S/C10H15NO3S2/c1-4-13-5-6-14-9(12)8(7-11)10(15-2)16-3/h4-6H2,1-3H3. The molecule has 0 heterocycles. The van der Waals surface area contributed by atoms with Gasteiger partial charge in [-0.3, -0.25) is 0 Å². The summed E-state index contributed by atoms with van der Waals surface area (Å²) in [6.45, 7) is 2.98. The molecule has 0 unspecified atom stereocenters. The van der Waals surface area contributed by atoms with Gasteiger partial charge in [-0.2, -0.15) is 5.26 Å². The minimum atomic E-state index is -0.582. The van der Waals surface area contributed by atoms with Crippen molar-refractivity contribution in [3.63, 3.8) is 0 Å². The van der Waals surface area contributed by atoms with Gasteiger partial charge in [0.1, 0.15) is 12.7 Å². The first kappa shape index (κ1) is 15.4. The van der Waals surface area contributed by atoms with Crippen molar-refractivity contribution in [3.05, 3.63) is 9.81 Å². The Labute approximate surface area is 104 Å². The van der Waals surface area contributed by atoms with E-state index in [4.69, 9.17) is 14.7 Å². The molecule has 0 aliphatic rings. The monoisotopic (exact) mass is 261 g/mol. The summed E-state index contributed by atoms with van der Waals surface area (Å²) in [5, 5.41) is 8.87. The highest BCUT2D eigenvalue weighted by Gasteiger charge is 2.15. The molecule has 0 bridgehead atoms. The molecule has 0 spiro atoms. The molecule has 0 aromatic carbocycles. The number of carbonyl (C=O) groups excluding carboxylic acids is 1. The van der Waals surface area contributed by atoms with Crippen molar-refractivity contribution in [3.8, 4) is 6.07 Å². The number of rotatable bonds is 7. The Morgan fingerprint density at radius 1 is 1.31 bits per heavy atom. The molecule has 0 saturated heterocycles. The Kier molecular flexibility index (Phi) is 9.19. The largest absolute Gasteiger partial charge is 0.459 e. The third-order valence-corrected chi connectivity index (χ3v) is 3.71. The smallest absolute Gasteiger partial charge is 0.350 e. The van der Waals surface area contributed by atoms with E-state index in [0.717, 1.165) is 0 Å². The van der Waals surface area contributed by atoms with Crippen LogP contribution < -0.4 is 0 Å². The lowest BCUT2D eigenvalue weighted by Crippen LogP contribution is -2.12. The average molecular weight is 261 g/mol. The van der Waals surface area contributed by atoms with E-state index in [0.29, 0.717) is 17.5 Å². The zero-order valence-electron chi connectivity index (χ0n) is 9.61. The molecule has 0 N–H and O–H groups in total. The molecule has 0 fully saturated rings. The van der Waals surface area contributed by atoms with Gasteiger partial charge in [0.15, 0.2) is 5.57 Å². The molecule has 0 amide bonds. The fraction of sp³-hybridized carbons (Fsp3) is 0.600. The number of hydrogen-bond donors (Lipinski definition) is 0. The van der Waals surface area contributed by atoms with E-state index >= 15 is 0 Å². The van der Waals surface area contributed by atoms with E-state index in [9.17, 15) is 4.79 Å². The number of carbonyl (C=O) groups is 1. The first-order valence-electron chi connectivity index (χ1n) is 4.68. The van der Waals surface area contributed by atoms with Crippen molar-refractivity contribution in [1.29, 1.82) is 5.26 Å². The molecule has 90 valence electrons. The maximum absolute atomic E-state index is 11.5. The first-order chi connectivity index (χ1) is 7.71. The van der Waals surface area contributed by atoms with Gasteiger partial charge < -0.3 is 9.47 Å². The molecule has 0 aromatic rings. The van der Waals surface area contributed by atoms with Gasteiger partial charge in [0.2, 0.25) is 0 Å². The van der Waals surface area contributed by atoms with Crippen molar-refractivity contribution < 1.29 is 14.3 Å². The normalized spacial score (nSPS) is 9.38. The Balaban J connectivity index is 4.33. The summed E-state index contributed by atoms with van der Waals surface area (Å²) in [6, 6.07) is 1.87. The number of ether oxygens (including phenoxy) is 2. The first-order valence-corrected chi connectivity index (χ1v) is 7.13. The summed E-state index contributed by atoms with van der Waals surface area (Å²) in [5.41, 5.74) is 0.0662. The van der Waals surface area contributed by atoms with Gasteiger partial charge in [0.25, 0.3) is 0 Å². The predicted molar refractivity (Wildman–Crippen MR) is 67.1 cm³/mol. The van der Waals surface area contributed by atoms with Crippen LogP contribution in [0.3, 0.4) is 0 Å². The van der Waals surface area contributed by atoms with Crippen LogP contribution in [0.15, 0.2) is 9.81 Å². The summed E-state index contributed by atoms with van der Waals surface area (Å²) in [4.78, 5) is 11.5. The number of esters is 1. The number of nitrogens with zero attached hydrogens (tertiary/aromatic N) is 1. The quantitative estimate of drug-likeness (QED) is 0.302. The zero-order chi connectivity index (χ0) is 12.4. The lowest BCUT2D eigenvalue weighted by molar-refractivity contribution is -0.140. The summed E-state index contributed by atoms with van der Waals surface area (Å²) in [5.74, 6) is -0.582. The Morgan fingerprint density at radius 3 is 2.38 bits per heavy atom. The fourth-order valence-corrected chi connectivity index (χ4v) is 2.20. The van der Waals surface area contributed by atoms with Crippen LogP contribution in [0.4, 0.5) is 0 Å². The molecule has 0 radical (unpaired) electrons. The Bertz CT molecular complexity index is 291. The van der Waals surface area contributed by atoms with Crippen LogP contribution in [0, 0.1) is 11.3 Å². The van der Waals surface area contributed by atoms with Gasteiger partial charge >= 0.3 is 5.97 Å². The molecule has 4 nitrogen and oxygen atoms in total. The Hall–Kier alpha value is -0.640. The van der Waals surface area contributed by atoms with E-state index in [1.165, 1.54) is 23.5 Å². The van der Waals surface area contributed by atoms with Crippen molar-refractivity contribution in [1.82, 2.24) is 0 Å². The number of hydrogen-bond acceptors (Lipinski definition) is 6. The van der Waals surface area contributed by atoms with E-state index < -0.39 is 5.97 Å². The van der Waals surface area contributed by atoms with Crippen LogP contribution in [-0.2, 0) is 14.3 Å². The predicted octanol–water partition coefficient (Wildman–Crippen LogP) is 2.03. The van der Waals surface area contributed by atoms with Crippen molar-refractivity contribution in [2.24, 2.45) is 0 Å². The van der Waals surface area contributed by atoms with Gasteiger partial charge in [0, 0.05) is 6.61 Å². The lowest BCUT2D eigenvalue weighted by Gasteiger charge is -2.06. The van der Waals surface area contributed by atoms with Gasteiger partial charge in [-0.15, -0.1) is 23.5 Å². The van der Waals surface area contributed by atoms with Crippen LogP contribution in [-0.4, -0.2) is 38.3 Å². The minimum absolute atomic E-state index is 0.0662. The van der Waals surface area contributed by atoms with Crippen LogP contribution >= 0.6 is 23.5 Å². The van der Waals surface area contributed by atoms with Gasteiger partial charge in [-0.1, -0.05) is 0 Å². The van der Waals surface area contributed by atoms with E-state index in [-0.39, 0.29) is 12.2 Å². The molecule has 6 heteroatoms. The van der Waals surface area contributed by atoms with Gasteiger partial charge in [-0.05, 0) is 19.4 Å². The van der Waals surface area contributed by atoms with E-state index in [2.05, 4.69) is 0 Å². The molecule has 16 heavy (non-hydrogen) atoms. The average Bonchev–Trinajstić information content (AvgIpc) is 2.31. The second-order valence-corrected chi connectivity index (χ2v) is 4.41. The molecule has 0 aliphatic heterocycles. The number of thioether (sulfide) groups is 2. The minimum Gasteiger partial charge on any atom is -0.459 e. The molecular formula is C10H15NO3S2. The van der Waals surface area contributed by atoms with Crippen LogP contribution in [0.2, 0.25) is 0 Å². The van der Waals surface area contributed by atoms with Gasteiger partial charge in [0.05, 0.1) is 10.8 Å². The fourth-order valence-electron chi connectivity index (χ4n) is 0.872. The summed E-state index contributed by atoms with van der Waals surface area (Å²) >= 11 is 2.73. The summed E-state index contributed by atoms with van der Waals surface area (Å²) in [6.07, 6.45) is 3.63. The molecule has 0 atom stereocenters. The SMILES string of the molecule is CCOCCOC(=O)C(C#N)=C(SC)SC. The maximum atomic E-state index is 11.5. The Morgan fingerprint density at radius 2 is 1.94 bits per heavy atom. The summed E-state index contributed by atoms with van der Waals surface area (Å²) in [7, 11) is 0. The third kappa shape index (κ3) is 5.45. The summed E-state index contributed by atoms with van der Waals surface area (Å²) < 4.78 is 10.6. The lowest BCUT2D eigenvalue weighted by atomic mass is 10.3. The van der Waals surface area contributed by atoms with Crippen LogP contribution in [0.25, 0.3) is 0 Å². The van der Waals surface area contributed by atoms with Crippen molar-refractivity contribution in [2.45, 2.75) is 6.92 Å². The van der Waals surface area contributed by atoms with Crippen molar-refractivity contribution >= 4 is 29.5 Å². The van der Waals surface area contributed by atoms with Crippen LogP contribution in [0.5, 0.6) is 0 Å². The highest BCUT2D eigenvalue weighted by molar-refractivity contribution is 8.21. The van der Waals surface area contributed by atoms with Gasteiger partial charge in [-0.25, -0.2) is 4.79 Å². The zero-order valence-corrected chi connectivity index (χ0v) is 11.2. The maximum Gasteiger partial charge on any atom is 0.350 e. The molecule has 0 saturated carbocycles. The van der Waals surface area contributed by atoms with Crippen LogP contribution in [0.1, 0.15) is 6.92 Å². The molecule has 0 aliphatic carbocycles. The molecule has 0 aromatic heterocycles. The van der Waals surface area contributed by atoms with E-state index in [1.54, 1.807) is 0 Å². The highest BCUT2D eigenvalue weighted by atomic mass is 32.2.